The average Bonchev–Trinajstić information content (AvgIpc) is 2.27. The average molecular weight is 225 g/mol. The van der Waals surface area contributed by atoms with E-state index in [9.17, 15) is 4.39 Å². The van der Waals surface area contributed by atoms with E-state index < -0.39 is 0 Å². The summed E-state index contributed by atoms with van der Waals surface area (Å²) >= 11 is 0. The van der Waals surface area contributed by atoms with Gasteiger partial charge in [-0.2, -0.15) is 0 Å². The fourth-order valence-electron chi connectivity index (χ4n) is 1.15. The van der Waals surface area contributed by atoms with Crippen molar-refractivity contribution in [2.75, 3.05) is 20.3 Å². The summed E-state index contributed by atoms with van der Waals surface area (Å²) in [4.78, 5) is 4.07. The number of nitrogens with one attached hydrogen (secondary N) is 1. The molecule has 1 aromatic rings. The molecule has 0 amide bonds. The lowest BCUT2D eigenvalue weighted by molar-refractivity contribution is 0.204. The molecule has 0 unspecified atom stereocenters. The second-order valence-corrected chi connectivity index (χ2v) is 3.25. The molecule has 0 aliphatic heterocycles. The third kappa shape index (κ3) is 4.75. The Bertz CT molecular complexity index is 355. The lowest BCUT2D eigenvalue weighted by atomic mass is 10.2. The maximum Gasteiger partial charge on any atom is 0.188 e. The minimum absolute atomic E-state index is 0.265. The van der Waals surface area contributed by atoms with Gasteiger partial charge in [0.2, 0.25) is 0 Å². The normalized spacial score (nSPS) is 11.5. The van der Waals surface area contributed by atoms with Gasteiger partial charge >= 0.3 is 0 Å². The van der Waals surface area contributed by atoms with Crippen LogP contribution in [-0.4, -0.2) is 26.2 Å². The van der Waals surface area contributed by atoms with Gasteiger partial charge in [-0.3, -0.25) is 0 Å². The third-order valence-corrected chi connectivity index (χ3v) is 1.93. The molecular weight excluding hydrogens is 209 g/mol. The van der Waals surface area contributed by atoms with E-state index in [0.29, 0.717) is 25.7 Å². The first kappa shape index (κ1) is 12.4. The van der Waals surface area contributed by atoms with E-state index in [1.807, 2.05) is 0 Å². The zero-order valence-electron chi connectivity index (χ0n) is 9.24. The van der Waals surface area contributed by atoms with E-state index in [0.717, 1.165) is 5.56 Å². The van der Waals surface area contributed by atoms with Crippen LogP contribution in [0, 0.1) is 5.82 Å². The maximum atomic E-state index is 12.8. The van der Waals surface area contributed by atoms with Gasteiger partial charge in [-0.1, -0.05) is 12.1 Å². The van der Waals surface area contributed by atoms with Crippen LogP contribution in [0.2, 0.25) is 0 Å². The Balaban J connectivity index is 2.40. The number of hydrogen-bond donors (Lipinski definition) is 2. The summed E-state index contributed by atoms with van der Waals surface area (Å²) in [5.74, 6) is 0.0694. The minimum Gasteiger partial charge on any atom is -0.383 e. The SMILES string of the molecule is COCCNC(N)=NCc1cccc(F)c1. The van der Waals surface area contributed by atoms with Crippen molar-refractivity contribution in [1.29, 1.82) is 0 Å². The molecule has 0 aromatic heterocycles. The van der Waals surface area contributed by atoms with Crippen molar-refractivity contribution in [3.05, 3.63) is 35.6 Å². The van der Waals surface area contributed by atoms with Crippen LogP contribution in [0.3, 0.4) is 0 Å². The second kappa shape index (κ2) is 6.79. The molecule has 4 nitrogen and oxygen atoms in total. The molecular formula is C11H16FN3O. The second-order valence-electron chi connectivity index (χ2n) is 3.25. The van der Waals surface area contributed by atoms with Crippen LogP contribution >= 0.6 is 0 Å². The Hall–Kier alpha value is -1.62. The number of guanidine groups is 1. The molecule has 3 N–H and O–H groups in total. The predicted octanol–water partition coefficient (Wildman–Crippen LogP) is 0.876. The van der Waals surface area contributed by atoms with Crippen molar-refractivity contribution in [3.63, 3.8) is 0 Å². The van der Waals surface area contributed by atoms with E-state index in [2.05, 4.69) is 10.3 Å². The highest BCUT2D eigenvalue weighted by Gasteiger charge is 1.95. The smallest absolute Gasteiger partial charge is 0.188 e. The van der Waals surface area contributed by atoms with Crippen LogP contribution in [0.1, 0.15) is 5.56 Å². The van der Waals surface area contributed by atoms with E-state index in [-0.39, 0.29) is 5.82 Å². The van der Waals surface area contributed by atoms with Crippen molar-refractivity contribution in [2.24, 2.45) is 10.7 Å². The molecule has 0 saturated carbocycles. The number of nitrogens with two attached hydrogens (primary N) is 1. The fraction of sp³-hybridized carbons (Fsp3) is 0.364. The van der Waals surface area contributed by atoms with Gasteiger partial charge in [0.05, 0.1) is 13.2 Å². The van der Waals surface area contributed by atoms with Gasteiger partial charge < -0.3 is 15.8 Å². The van der Waals surface area contributed by atoms with Crippen molar-refractivity contribution in [1.82, 2.24) is 5.32 Å². The zero-order valence-corrected chi connectivity index (χ0v) is 9.24. The van der Waals surface area contributed by atoms with Crippen molar-refractivity contribution < 1.29 is 9.13 Å². The summed E-state index contributed by atoms with van der Waals surface area (Å²) in [6.45, 7) is 1.54. The van der Waals surface area contributed by atoms with Gasteiger partial charge in [0.25, 0.3) is 0 Å². The molecule has 0 fully saturated rings. The van der Waals surface area contributed by atoms with Gasteiger partial charge in [-0.05, 0) is 17.7 Å². The van der Waals surface area contributed by atoms with Gasteiger partial charge in [0.15, 0.2) is 5.96 Å². The van der Waals surface area contributed by atoms with Crippen LogP contribution in [0.4, 0.5) is 4.39 Å². The molecule has 0 atom stereocenters. The van der Waals surface area contributed by atoms with Gasteiger partial charge in [-0.25, -0.2) is 9.38 Å². The first-order valence-electron chi connectivity index (χ1n) is 4.99. The number of halogens is 1. The molecule has 0 aliphatic rings. The number of ether oxygens (including phenoxy) is 1. The topological polar surface area (TPSA) is 59.6 Å². The Morgan fingerprint density at radius 3 is 3.06 bits per heavy atom. The first-order valence-corrected chi connectivity index (χ1v) is 4.99. The monoisotopic (exact) mass is 225 g/mol. The highest BCUT2D eigenvalue weighted by Crippen LogP contribution is 2.04. The molecule has 0 saturated heterocycles. The van der Waals surface area contributed by atoms with Crippen LogP contribution in [0.5, 0.6) is 0 Å². The van der Waals surface area contributed by atoms with Crippen LogP contribution in [-0.2, 0) is 11.3 Å². The molecule has 0 bridgehead atoms. The van der Waals surface area contributed by atoms with Crippen LogP contribution in [0.15, 0.2) is 29.3 Å². The molecule has 1 rings (SSSR count). The predicted molar refractivity (Wildman–Crippen MR) is 61.6 cm³/mol. The van der Waals surface area contributed by atoms with Crippen molar-refractivity contribution in [2.45, 2.75) is 6.54 Å². The van der Waals surface area contributed by atoms with E-state index in [1.165, 1.54) is 12.1 Å². The highest BCUT2D eigenvalue weighted by atomic mass is 19.1. The summed E-state index contributed by atoms with van der Waals surface area (Å²) in [5, 5.41) is 2.88. The zero-order chi connectivity index (χ0) is 11.8. The number of nitrogens with zero attached hydrogens (tertiary/aromatic N) is 1. The Morgan fingerprint density at radius 1 is 1.56 bits per heavy atom. The summed E-state index contributed by atoms with van der Waals surface area (Å²) in [5.41, 5.74) is 6.38. The summed E-state index contributed by atoms with van der Waals surface area (Å²) in [6, 6.07) is 6.28. The molecule has 0 heterocycles. The first-order chi connectivity index (χ1) is 7.72. The highest BCUT2D eigenvalue weighted by molar-refractivity contribution is 5.77. The molecule has 5 heteroatoms. The number of benzene rings is 1. The van der Waals surface area contributed by atoms with E-state index >= 15 is 0 Å². The Kier molecular flexibility index (Phi) is 5.28. The molecule has 16 heavy (non-hydrogen) atoms. The summed E-state index contributed by atoms with van der Waals surface area (Å²) in [7, 11) is 1.61. The van der Waals surface area contributed by atoms with Crippen LogP contribution < -0.4 is 11.1 Å². The lowest BCUT2D eigenvalue weighted by Gasteiger charge is -2.04. The van der Waals surface area contributed by atoms with Crippen molar-refractivity contribution >= 4 is 5.96 Å². The molecule has 1 aromatic carbocycles. The summed E-state index contributed by atoms with van der Waals surface area (Å²) < 4.78 is 17.7. The minimum atomic E-state index is -0.265. The van der Waals surface area contributed by atoms with Gasteiger partial charge in [-0.15, -0.1) is 0 Å². The summed E-state index contributed by atoms with van der Waals surface area (Å²) in [6.07, 6.45) is 0. The Labute approximate surface area is 94.3 Å². The maximum absolute atomic E-state index is 12.8. The lowest BCUT2D eigenvalue weighted by Crippen LogP contribution is -2.34. The number of rotatable bonds is 5. The molecule has 0 spiro atoms. The molecule has 0 radical (unpaired) electrons. The van der Waals surface area contributed by atoms with E-state index in [1.54, 1.807) is 19.2 Å². The fourth-order valence-corrected chi connectivity index (χ4v) is 1.15. The third-order valence-electron chi connectivity index (χ3n) is 1.93. The number of methoxy groups -OCH3 is 1. The van der Waals surface area contributed by atoms with E-state index in [4.69, 9.17) is 10.5 Å². The number of hydrogen-bond acceptors (Lipinski definition) is 2. The van der Waals surface area contributed by atoms with Crippen molar-refractivity contribution in [3.8, 4) is 0 Å². The molecule has 88 valence electrons. The van der Waals surface area contributed by atoms with Crippen LogP contribution in [0.25, 0.3) is 0 Å². The standard InChI is InChI=1S/C11H16FN3O/c1-16-6-5-14-11(13)15-8-9-3-2-4-10(12)7-9/h2-4,7H,5-6,8H2,1H3,(H3,13,14,15). The largest absolute Gasteiger partial charge is 0.383 e. The molecule has 0 aliphatic carbocycles. The Morgan fingerprint density at radius 2 is 2.38 bits per heavy atom. The quantitative estimate of drug-likeness (QED) is 0.444. The number of aliphatic imine (C=N–C) groups is 1. The van der Waals surface area contributed by atoms with Gasteiger partial charge in [0, 0.05) is 13.7 Å². The van der Waals surface area contributed by atoms with Gasteiger partial charge in [0.1, 0.15) is 5.82 Å².